The average molecular weight is 396 g/mol. The van der Waals surface area contributed by atoms with Crippen LogP contribution < -0.4 is 20.3 Å². The first-order valence-electron chi connectivity index (χ1n) is 10.0. The van der Waals surface area contributed by atoms with Crippen molar-refractivity contribution in [1.82, 2.24) is 5.32 Å². The van der Waals surface area contributed by atoms with Crippen molar-refractivity contribution in [1.29, 1.82) is 0 Å². The lowest BCUT2D eigenvalue weighted by molar-refractivity contribution is -0.128. The first kappa shape index (κ1) is 20.7. The molecule has 29 heavy (non-hydrogen) atoms. The van der Waals surface area contributed by atoms with E-state index in [4.69, 9.17) is 4.74 Å². The molecule has 0 unspecified atom stereocenters. The minimum absolute atomic E-state index is 0.121. The lowest BCUT2D eigenvalue weighted by atomic mass is 10.1. The number of anilines is 2. The van der Waals surface area contributed by atoms with Gasteiger partial charge in [-0.1, -0.05) is 36.8 Å². The van der Waals surface area contributed by atoms with Crippen molar-refractivity contribution in [2.24, 2.45) is 0 Å². The molecule has 0 spiro atoms. The SMILES string of the molecule is CCCNC(=O)[C@@H]1CN(CC(=O)Nc2c(C)cc(C)cc2C)c2ccccc2O1. The molecule has 0 radical (unpaired) electrons. The van der Waals surface area contributed by atoms with Gasteiger partial charge in [-0.3, -0.25) is 9.59 Å². The number of para-hydroxylation sites is 2. The summed E-state index contributed by atoms with van der Waals surface area (Å²) in [7, 11) is 0. The molecule has 2 amide bonds. The van der Waals surface area contributed by atoms with Gasteiger partial charge in [0.2, 0.25) is 5.91 Å². The third-order valence-corrected chi connectivity index (χ3v) is 4.98. The minimum atomic E-state index is -0.646. The number of amides is 2. The zero-order valence-electron chi connectivity index (χ0n) is 17.5. The Balaban J connectivity index is 1.76. The van der Waals surface area contributed by atoms with Gasteiger partial charge in [0, 0.05) is 12.2 Å². The zero-order chi connectivity index (χ0) is 21.0. The van der Waals surface area contributed by atoms with E-state index in [1.807, 2.05) is 56.9 Å². The summed E-state index contributed by atoms with van der Waals surface area (Å²) in [6.45, 7) is 9.10. The predicted octanol–water partition coefficient (Wildman–Crippen LogP) is 3.34. The topological polar surface area (TPSA) is 70.7 Å². The van der Waals surface area contributed by atoms with Crippen LogP contribution in [-0.4, -0.2) is 37.6 Å². The van der Waals surface area contributed by atoms with Crippen molar-refractivity contribution in [3.05, 3.63) is 53.1 Å². The second kappa shape index (κ2) is 8.99. The van der Waals surface area contributed by atoms with Crippen LogP contribution in [0.2, 0.25) is 0 Å². The maximum absolute atomic E-state index is 12.8. The highest BCUT2D eigenvalue weighted by Crippen LogP contribution is 2.33. The zero-order valence-corrected chi connectivity index (χ0v) is 17.5. The fraction of sp³-hybridized carbons (Fsp3) is 0.391. The van der Waals surface area contributed by atoms with Crippen LogP contribution in [0.15, 0.2) is 36.4 Å². The van der Waals surface area contributed by atoms with Crippen molar-refractivity contribution in [2.45, 2.75) is 40.2 Å². The molecule has 0 saturated carbocycles. The first-order chi connectivity index (χ1) is 13.9. The molecule has 0 saturated heterocycles. The Labute approximate surface area is 172 Å². The van der Waals surface area contributed by atoms with Gasteiger partial charge >= 0.3 is 0 Å². The predicted molar refractivity (Wildman–Crippen MR) is 116 cm³/mol. The molecule has 3 rings (SSSR count). The van der Waals surface area contributed by atoms with Gasteiger partial charge in [-0.25, -0.2) is 0 Å². The van der Waals surface area contributed by atoms with E-state index in [0.29, 0.717) is 18.8 Å². The van der Waals surface area contributed by atoms with Crippen LogP contribution in [0.4, 0.5) is 11.4 Å². The van der Waals surface area contributed by atoms with Crippen LogP contribution in [0.5, 0.6) is 5.75 Å². The molecule has 154 valence electrons. The number of nitrogens with one attached hydrogen (secondary N) is 2. The smallest absolute Gasteiger partial charge is 0.262 e. The largest absolute Gasteiger partial charge is 0.477 e. The first-order valence-corrected chi connectivity index (χ1v) is 10.0. The summed E-state index contributed by atoms with van der Waals surface area (Å²) in [6.07, 6.45) is 0.211. The average Bonchev–Trinajstić information content (AvgIpc) is 2.68. The monoisotopic (exact) mass is 395 g/mol. The van der Waals surface area contributed by atoms with E-state index < -0.39 is 6.10 Å². The molecule has 1 atom stereocenters. The number of rotatable bonds is 6. The third-order valence-electron chi connectivity index (χ3n) is 4.98. The molecule has 1 aliphatic rings. The summed E-state index contributed by atoms with van der Waals surface area (Å²) in [6, 6.07) is 11.6. The summed E-state index contributed by atoms with van der Waals surface area (Å²) in [5, 5.41) is 5.92. The van der Waals surface area contributed by atoms with Gasteiger partial charge in [-0.2, -0.15) is 0 Å². The second-order valence-corrected chi connectivity index (χ2v) is 7.57. The van der Waals surface area contributed by atoms with Crippen molar-refractivity contribution >= 4 is 23.2 Å². The standard InChI is InChI=1S/C23H29N3O3/c1-5-10-24-23(28)20-13-26(18-8-6-7-9-19(18)29-20)14-21(27)25-22-16(3)11-15(2)12-17(22)4/h6-9,11-12,20H,5,10,13-14H2,1-4H3,(H,24,28)(H,25,27)/t20-/m0/s1. The maximum Gasteiger partial charge on any atom is 0.262 e. The number of hydrogen-bond acceptors (Lipinski definition) is 4. The Morgan fingerprint density at radius 2 is 1.83 bits per heavy atom. The van der Waals surface area contributed by atoms with Gasteiger partial charge in [0.1, 0.15) is 5.75 Å². The summed E-state index contributed by atoms with van der Waals surface area (Å²) >= 11 is 0. The summed E-state index contributed by atoms with van der Waals surface area (Å²) in [4.78, 5) is 27.2. The van der Waals surface area contributed by atoms with E-state index in [1.165, 1.54) is 5.56 Å². The quantitative estimate of drug-likeness (QED) is 0.787. The normalized spacial score (nSPS) is 15.3. The molecular formula is C23H29N3O3. The van der Waals surface area contributed by atoms with E-state index in [1.54, 1.807) is 0 Å². The molecule has 0 aromatic heterocycles. The fourth-order valence-electron chi connectivity index (χ4n) is 3.68. The van der Waals surface area contributed by atoms with Crippen molar-refractivity contribution in [3.63, 3.8) is 0 Å². The third kappa shape index (κ3) is 4.88. The Morgan fingerprint density at radius 1 is 1.14 bits per heavy atom. The molecule has 2 N–H and O–H groups in total. The lowest BCUT2D eigenvalue weighted by Crippen LogP contribution is -2.50. The van der Waals surface area contributed by atoms with Crippen LogP contribution in [0.3, 0.4) is 0 Å². The molecular weight excluding hydrogens is 366 g/mol. The lowest BCUT2D eigenvalue weighted by Gasteiger charge is -2.35. The summed E-state index contributed by atoms with van der Waals surface area (Å²) < 4.78 is 5.89. The van der Waals surface area contributed by atoms with Gasteiger partial charge in [0.15, 0.2) is 6.10 Å². The Hall–Kier alpha value is -3.02. The van der Waals surface area contributed by atoms with Gasteiger partial charge in [-0.15, -0.1) is 0 Å². The van der Waals surface area contributed by atoms with Gasteiger partial charge < -0.3 is 20.3 Å². The highest BCUT2D eigenvalue weighted by Gasteiger charge is 2.31. The highest BCUT2D eigenvalue weighted by molar-refractivity contribution is 5.96. The molecule has 6 heteroatoms. The molecule has 0 bridgehead atoms. The maximum atomic E-state index is 12.8. The number of hydrogen-bond donors (Lipinski definition) is 2. The van der Waals surface area contributed by atoms with Crippen LogP contribution in [0, 0.1) is 20.8 Å². The minimum Gasteiger partial charge on any atom is -0.477 e. The van der Waals surface area contributed by atoms with Crippen LogP contribution in [0.1, 0.15) is 30.0 Å². The van der Waals surface area contributed by atoms with Gasteiger partial charge in [0.05, 0.1) is 18.8 Å². The molecule has 2 aromatic rings. The van der Waals surface area contributed by atoms with E-state index in [2.05, 4.69) is 22.8 Å². The number of carbonyl (C=O) groups excluding carboxylic acids is 2. The van der Waals surface area contributed by atoms with E-state index in [0.717, 1.165) is 28.9 Å². The number of aryl methyl sites for hydroxylation is 3. The van der Waals surface area contributed by atoms with Crippen LogP contribution in [-0.2, 0) is 9.59 Å². The van der Waals surface area contributed by atoms with E-state index in [-0.39, 0.29) is 18.4 Å². The summed E-state index contributed by atoms with van der Waals surface area (Å²) in [5.41, 5.74) is 4.91. The van der Waals surface area contributed by atoms with E-state index in [9.17, 15) is 9.59 Å². The van der Waals surface area contributed by atoms with Crippen LogP contribution >= 0.6 is 0 Å². The second-order valence-electron chi connectivity index (χ2n) is 7.57. The Morgan fingerprint density at radius 3 is 2.52 bits per heavy atom. The molecule has 1 aliphatic heterocycles. The Bertz CT molecular complexity index is 887. The Kier molecular flexibility index (Phi) is 6.42. The van der Waals surface area contributed by atoms with Crippen LogP contribution in [0.25, 0.3) is 0 Å². The molecule has 6 nitrogen and oxygen atoms in total. The molecule has 1 heterocycles. The van der Waals surface area contributed by atoms with Gasteiger partial charge in [0.25, 0.3) is 5.91 Å². The molecule has 0 fully saturated rings. The van der Waals surface area contributed by atoms with Crippen molar-refractivity contribution in [2.75, 3.05) is 29.9 Å². The number of benzene rings is 2. The van der Waals surface area contributed by atoms with E-state index >= 15 is 0 Å². The number of nitrogens with zero attached hydrogens (tertiary/aromatic N) is 1. The molecule has 2 aromatic carbocycles. The van der Waals surface area contributed by atoms with Crippen molar-refractivity contribution < 1.29 is 14.3 Å². The number of ether oxygens (including phenoxy) is 1. The van der Waals surface area contributed by atoms with Crippen molar-refractivity contribution in [3.8, 4) is 5.75 Å². The number of fused-ring (bicyclic) bond motifs is 1. The summed E-state index contributed by atoms with van der Waals surface area (Å²) in [5.74, 6) is 0.340. The number of carbonyl (C=O) groups is 2. The fourth-order valence-corrected chi connectivity index (χ4v) is 3.68. The van der Waals surface area contributed by atoms with Gasteiger partial charge in [-0.05, 0) is 50.5 Å². The molecule has 0 aliphatic carbocycles. The highest BCUT2D eigenvalue weighted by atomic mass is 16.5.